The molecule has 0 aliphatic heterocycles. The maximum atomic E-state index is 12.5. The highest BCUT2D eigenvalue weighted by Crippen LogP contribution is 2.24. The Bertz CT molecular complexity index is 1130. The second-order valence-corrected chi connectivity index (χ2v) is 8.09. The van der Waals surface area contributed by atoms with Gasteiger partial charge in [0.25, 0.3) is 0 Å². The van der Waals surface area contributed by atoms with Crippen LogP contribution in [-0.4, -0.2) is 15.9 Å². The van der Waals surface area contributed by atoms with Crippen LogP contribution in [0.2, 0.25) is 0 Å². The van der Waals surface area contributed by atoms with Crippen LogP contribution in [0.3, 0.4) is 0 Å². The smallest absolute Gasteiger partial charge is 0.331 e. The predicted molar refractivity (Wildman–Crippen MR) is 125 cm³/mol. The summed E-state index contributed by atoms with van der Waals surface area (Å²) >= 11 is 1.60. The van der Waals surface area contributed by atoms with E-state index in [0.29, 0.717) is 12.3 Å². The highest BCUT2D eigenvalue weighted by atomic mass is 32.1. The zero-order chi connectivity index (χ0) is 22.2. The van der Waals surface area contributed by atoms with Crippen molar-refractivity contribution in [2.24, 2.45) is 0 Å². The largest absolute Gasteiger partial charge is 0.487 e. The number of rotatable bonds is 8. The zero-order valence-electron chi connectivity index (χ0n) is 17.5. The van der Waals surface area contributed by atoms with Crippen molar-refractivity contribution < 1.29 is 14.3 Å². The van der Waals surface area contributed by atoms with Crippen LogP contribution >= 0.6 is 11.3 Å². The lowest BCUT2D eigenvalue weighted by Crippen LogP contribution is -2.12. The number of thiazole rings is 1. The number of aromatic nitrogens is 2. The van der Waals surface area contributed by atoms with Crippen molar-refractivity contribution in [2.75, 3.05) is 0 Å². The van der Waals surface area contributed by atoms with Gasteiger partial charge >= 0.3 is 5.97 Å². The molecule has 2 aromatic heterocycles. The van der Waals surface area contributed by atoms with Gasteiger partial charge in [0.1, 0.15) is 12.4 Å². The van der Waals surface area contributed by atoms with Crippen LogP contribution in [0.25, 0.3) is 6.08 Å². The van der Waals surface area contributed by atoms with E-state index >= 15 is 0 Å². The molecule has 6 heteroatoms. The van der Waals surface area contributed by atoms with Gasteiger partial charge < -0.3 is 9.47 Å². The Hall–Kier alpha value is -3.77. The minimum absolute atomic E-state index is 0.431. The van der Waals surface area contributed by atoms with E-state index in [0.717, 1.165) is 27.6 Å². The molecule has 0 aliphatic carbocycles. The standard InChI is InChI=1S/C26H22N2O3S/c1-19-28-22(18-32-19)17-30-23-13-10-20(11-14-23)12-15-25(29)31-26(21-7-3-2-4-8-21)24-9-5-6-16-27-24/h2-16,18,26H,17H2,1H3/b15-12+. The molecule has 0 N–H and O–H groups in total. The summed E-state index contributed by atoms with van der Waals surface area (Å²) in [6, 6.07) is 22.6. The molecule has 2 heterocycles. The van der Waals surface area contributed by atoms with Crippen molar-refractivity contribution in [3.63, 3.8) is 0 Å². The van der Waals surface area contributed by atoms with E-state index in [1.807, 2.05) is 85.1 Å². The molecular weight excluding hydrogens is 420 g/mol. The number of hydrogen-bond acceptors (Lipinski definition) is 6. The molecule has 5 nitrogen and oxygen atoms in total. The third-order valence-corrected chi connectivity index (χ3v) is 5.46. The van der Waals surface area contributed by atoms with Gasteiger partial charge in [0.2, 0.25) is 0 Å². The van der Waals surface area contributed by atoms with Crippen molar-refractivity contribution in [3.8, 4) is 5.75 Å². The molecule has 0 saturated heterocycles. The summed E-state index contributed by atoms with van der Waals surface area (Å²) < 4.78 is 11.5. The fourth-order valence-electron chi connectivity index (χ4n) is 3.08. The highest BCUT2D eigenvalue weighted by Gasteiger charge is 2.18. The molecule has 0 fully saturated rings. The molecule has 1 unspecified atom stereocenters. The van der Waals surface area contributed by atoms with Gasteiger partial charge in [0, 0.05) is 17.7 Å². The van der Waals surface area contributed by atoms with Gasteiger partial charge in [0.15, 0.2) is 6.10 Å². The molecule has 0 bridgehead atoms. The molecule has 1 atom stereocenters. The van der Waals surface area contributed by atoms with Gasteiger partial charge in [-0.15, -0.1) is 11.3 Å². The molecule has 0 spiro atoms. The fourth-order valence-corrected chi connectivity index (χ4v) is 3.68. The Morgan fingerprint density at radius 3 is 2.50 bits per heavy atom. The van der Waals surface area contributed by atoms with Crippen LogP contribution in [0.15, 0.2) is 90.4 Å². The van der Waals surface area contributed by atoms with Gasteiger partial charge in [-0.25, -0.2) is 9.78 Å². The van der Waals surface area contributed by atoms with Gasteiger partial charge in [-0.2, -0.15) is 0 Å². The first kappa shape index (κ1) is 21.5. The summed E-state index contributed by atoms with van der Waals surface area (Å²) in [6.45, 7) is 2.40. The Kier molecular flexibility index (Phi) is 7.05. The summed E-state index contributed by atoms with van der Waals surface area (Å²) in [5, 5.41) is 3.01. The first-order chi connectivity index (χ1) is 15.7. The van der Waals surface area contributed by atoms with E-state index in [2.05, 4.69) is 9.97 Å². The van der Waals surface area contributed by atoms with Crippen LogP contribution in [0, 0.1) is 6.92 Å². The van der Waals surface area contributed by atoms with E-state index in [4.69, 9.17) is 9.47 Å². The maximum absolute atomic E-state index is 12.5. The van der Waals surface area contributed by atoms with Crippen molar-refractivity contribution >= 4 is 23.4 Å². The summed E-state index contributed by atoms with van der Waals surface area (Å²) in [7, 11) is 0. The molecule has 4 aromatic rings. The van der Waals surface area contributed by atoms with E-state index in [1.54, 1.807) is 23.6 Å². The lowest BCUT2D eigenvalue weighted by atomic mass is 10.1. The Balaban J connectivity index is 1.38. The number of carbonyl (C=O) groups excluding carboxylic acids is 1. The predicted octanol–water partition coefficient (Wildman–Crippen LogP) is 5.77. The van der Waals surface area contributed by atoms with Crippen molar-refractivity contribution in [2.45, 2.75) is 19.6 Å². The Labute approximate surface area is 191 Å². The number of ether oxygens (including phenoxy) is 2. The summed E-state index contributed by atoms with van der Waals surface area (Å²) in [6.07, 6.45) is 4.26. The number of pyridine rings is 1. The topological polar surface area (TPSA) is 61.3 Å². The molecule has 0 amide bonds. The van der Waals surface area contributed by atoms with Gasteiger partial charge in [-0.05, 0) is 48.4 Å². The Morgan fingerprint density at radius 2 is 1.81 bits per heavy atom. The van der Waals surface area contributed by atoms with E-state index in [-0.39, 0.29) is 0 Å². The number of carbonyl (C=O) groups is 1. The number of nitrogens with zero attached hydrogens (tertiary/aromatic N) is 2. The third-order valence-electron chi connectivity index (χ3n) is 4.64. The third kappa shape index (κ3) is 5.89. The first-order valence-electron chi connectivity index (χ1n) is 10.2. The van der Waals surface area contributed by atoms with Crippen LogP contribution in [0.5, 0.6) is 5.75 Å². The minimum atomic E-state index is -0.570. The van der Waals surface area contributed by atoms with Crippen LogP contribution in [0.4, 0.5) is 0 Å². The van der Waals surface area contributed by atoms with E-state index in [9.17, 15) is 4.79 Å². The Morgan fingerprint density at radius 1 is 1.03 bits per heavy atom. The highest BCUT2D eigenvalue weighted by molar-refractivity contribution is 7.09. The molecule has 2 aromatic carbocycles. The van der Waals surface area contributed by atoms with Crippen LogP contribution < -0.4 is 4.74 Å². The van der Waals surface area contributed by atoms with Crippen molar-refractivity contribution in [3.05, 3.63) is 118 Å². The molecule has 4 rings (SSSR count). The fraction of sp³-hybridized carbons (Fsp3) is 0.115. The van der Waals surface area contributed by atoms with Gasteiger partial charge in [0.05, 0.1) is 16.4 Å². The van der Waals surface area contributed by atoms with Crippen LogP contribution in [-0.2, 0) is 16.1 Å². The van der Waals surface area contributed by atoms with Gasteiger partial charge in [-0.3, -0.25) is 4.98 Å². The minimum Gasteiger partial charge on any atom is -0.487 e. The SMILES string of the molecule is Cc1nc(COc2ccc(/C=C/C(=O)OC(c3ccccc3)c3ccccn3)cc2)cs1. The molecule has 32 heavy (non-hydrogen) atoms. The van der Waals surface area contributed by atoms with Crippen LogP contribution in [0.1, 0.15) is 33.6 Å². The molecular formula is C26H22N2O3S. The molecule has 160 valence electrons. The zero-order valence-corrected chi connectivity index (χ0v) is 18.4. The first-order valence-corrected chi connectivity index (χ1v) is 11.0. The van der Waals surface area contributed by atoms with E-state index < -0.39 is 12.1 Å². The second-order valence-electron chi connectivity index (χ2n) is 7.03. The summed E-state index contributed by atoms with van der Waals surface area (Å²) in [5.74, 6) is 0.304. The lowest BCUT2D eigenvalue weighted by molar-refractivity contribution is -0.141. The van der Waals surface area contributed by atoms with Crippen molar-refractivity contribution in [1.82, 2.24) is 9.97 Å². The average Bonchev–Trinajstić information content (AvgIpc) is 3.26. The molecule has 0 radical (unpaired) electrons. The average molecular weight is 443 g/mol. The summed E-state index contributed by atoms with van der Waals surface area (Å²) in [5.41, 5.74) is 3.33. The monoisotopic (exact) mass is 442 g/mol. The van der Waals surface area contributed by atoms with Gasteiger partial charge in [-0.1, -0.05) is 48.5 Å². The number of hydrogen-bond donors (Lipinski definition) is 0. The number of benzene rings is 2. The second kappa shape index (κ2) is 10.5. The lowest BCUT2D eigenvalue weighted by Gasteiger charge is -2.16. The molecule has 0 saturated carbocycles. The number of aryl methyl sites for hydroxylation is 1. The maximum Gasteiger partial charge on any atom is 0.331 e. The number of esters is 1. The molecule has 0 aliphatic rings. The van der Waals surface area contributed by atoms with E-state index in [1.165, 1.54) is 6.08 Å². The van der Waals surface area contributed by atoms with Crippen molar-refractivity contribution in [1.29, 1.82) is 0 Å². The quantitative estimate of drug-likeness (QED) is 0.256. The summed E-state index contributed by atoms with van der Waals surface area (Å²) in [4.78, 5) is 21.3. The normalized spacial score (nSPS) is 11.9.